The molecule has 4 amide bonds. The van der Waals surface area contributed by atoms with Gasteiger partial charge in [0.2, 0.25) is 23.6 Å². The quantitative estimate of drug-likeness (QED) is 0.156. The summed E-state index contributed by atoms with van der Waals surface area (Å²) in [6.45, 7) is 7.52. The van der Waals surface area contributed by atoms with E-state index < -0.39 is 54.2 Å². The fraction of sp³-hybridized carbons (Fsp3) is 0.857. The molecule has 0 bridgehead atoms. The van der Waals surface area contributed by atoms with Crippen LogP contribution in [0.15, 0.2) is 0 Å². The molecule has 0 saturated carbocycles. The standard InChI is InChI=1S/C28H52N4O7/c1-18(2)12-10-8-6-5-7-9-11-13-24(36)32-26(20(4)33)28(39)31-22-16-21(34)14-15-29-25(37)17-23(35)19(3)30-27(22)38/h18-23,26,33-35H,5-17H2,1-4H3,(H,29,37)(H,30,38)(H,31,39)(H,32,36)/t19-,20+,21-,22-,23+,26-/m0/s1. The highest BCUT2D eigenvalue weighted by Crippen LogP contribution is 2.13. The zero-order valence-electron chi connectivity index (χ0n) is 24.2. The lowest BCUT2D eigenvalue weighted by Gasteiger charge is -2.28. The first-order chi connectivity index (χ1) is 18.4. The summed E-state index contributed by atoms with van der Waals surface area (Å²) in [4.78, 5) is 50.2. The number of rotatable bonds is 14. The highest BCUT2D eigenvalue weighted by Gasteiger charge is 2.32. The van der Waals surface area contributed by atoms with Crippen LogP contribution in [-0.4, -0.2) is 81.9 Å². The number of aliphatic hydroxyl groups excluding tert-OH is 3. The Kier molecular flexibility index (Phi) is 16.9. The van der Waals surface area contributed by atoms with Gasteiger partial charge < -0.3 is 36.6 Å². The maximum atomic E-state index is 13.0. The molecule has 1 aliphatic heterocycles. The summed E-state index contributed by atoms with van der Waals surface area (Å²) >= 11 is 0. The minimum atomic E-state index is -1.27. The predicted octanol–water partition coefficient (Wildman–Crippen LogP) is 1.03. The van der Waals surface area contributed by atoms with E-state index in [1.165, 1.54) is 39.5 Å². The van der Waals surface area contributed by atoms with Crippen LogP contribution in [-0.2, 0) is 19.2 Å². The molecule has 0 radical (unpaired) electrons. The predicted molar refractivity (Wildman–Crippen MR) is 148 cm³/mol. The highest BCUT2D eigenvalue weighted by molar-refractivity contribution is 5.92. The van der Waals surface area contributed by atoms with Crippen molar-refractivity contribution in [2.45, 2.75) is 141 Å². The Balaban J connectivity index is 2.60. The van der Waals surface area contributed by atoms with Gasteiger partial charge in [-0.1, -0.05) is 58.8 Å². The first-order valence-electron chi connectivity index (χ1n) is 14.6. The zero-order chi connectivity index (χ0) is 29.4. The maximum Gasteiger partial charge on any atom is 0.245 e. The van der Waals surface area contributed by atoms with E-state index in [9.17, 15) is 34.5 Å². The van der Waals surface area contributed by atoms with E-state index in [4.69, 9.17) is 0 Å². The first-order valence-corrected chi connectivity index (χ1v) is 14.6. The SMILES string of the molecule is CC(C)CCCCCCCCCC(=O)N[C@H](C(=O)N[C@H]1C[C@@H](O)CCNC(=O)C[C@@H](O)[C@H](C)NC1=O)[C@@H](C)O. The molecule has 11 nitrogen and oxygen atoms in total. The number of carbonyl (C=O) groups is 4. The average molecular weight is 557 g/mol. The highest BCUT2D eigenvalue weighted by atomic mass is 16.3. The van der Waals surface area contributed by atoms with Gasteiger partial charge in [0.25, 0.3) is 0 Å². The summed E-state index contributed by atoms with van der Waals surface area (Å²) in [6, 6.07) is -3.23. The van der Waals surface area contributed by atoms with Gasteiger partial charge in [-0.15, -0.1) is 0 Å². The molecular formula is C28H52N4O7. The van der Waals surface area contributed by atoms with Crippen LogP contribution >= 0.6 is 0 Å². The number of hydrogen-bond acceptors (Lipinski definition) is 7. The number of hydrogen-bond donors (Lipinski definition) is 7. The van der Waals surface area contributed by atoms with E-state index in [0.717, 1.165) is 25.2 Å². The molecule has 0 unspecified atom stereocenters. The van der Waals surface area contributed by atoms with E-state index in [0.29, 0.717) is 6.42 Å². The van der Waals surface area contributed by atoms with Gasteiger partial charge in [-0.3, -0.25) is 19.2 Å². The van der Waals surface area contributed by atoms with Crippen molar-refractivity contribution in [3.8, 4) is 0 Å². The van der Waals surface area contributed by atoms with Crippen molar-refractivity contribution in [3.05, 3.63) is 0 Å². The second-order valence-corrected chi connectivity index (χ2v) is 11.4. The van der Waals surface area contributed by atoms with Gasteiger partial charge >= 0.3 is 0 Å². The summed E-state index contributed by atoms with van der Waals surface area (Å²) in [5.41, 5.74) is 0. The van der Waals surface area contributed by atoms with E-state index in [-0.39, 0.29) is 38.1 Å². The van der Waals surface area contributed by atoms with Gasteiger partial charge in [0.15, 0.2) is 0 Å². The Bertz CT molecular complexity index is 762. The van der Waals surface area contributed by atoms with E-state index in [1.54, 1.807) is 0 Å². The third kappa shape index (κ3) is 15.2. The van der Waals surface area contributed by atoms with Gasteiger partial charge in [-0.05, 0) is 32.6 Å². The molecule has 0 aromatic rings. The Hall–Kier alpha value is -2.24. The molecule has 39 heavy (non-hydrogen) atoms. The van der Waals surface area contributed by atoms with Crippen LogP contribution in [0, 0.1) is 5.92 Å². The fourth-order valence-corrected chi connectivity index (χ4v) is 4.49. The van der Waals surface area contributed by atoms with Crippen LogP contribution < -0.4 is 21.3 Å². The molecule has 1 saturated heterocycles. The van der Waals surface area contributed by atoms with E-state index in [2.05, 4.69) is 35.1 Å². The van der Waals surface area contributed by atoms with Crippen LogP contribution in [0.5, 0.6) is 0 Å². The molecule has 6 atom stereocenters. The third-order valence-corrected chi connectivity index (χ3v) is 7.05. The van der Waals surface area contributed by atoms with Crippen molar-refractivity contribution in [1.82, 2.24) is 21.3 Å². The van der Waals surface area contributed by atoms with Crippen molar-refractivity contribution in [2.24, 2.45) is 5.92 Å². The van der Waals surface area contributed by atoms with E-state index in [1.807, 2.05) is 0 Å². The smallest absolute Gasteiger partial charge is 0.245 e. The number of unbranched alkanes of at least 4 members (excludes halogenated alkanes) is 6. The lowest BCUT2D eigenvalue weighted by atomic mass is 10.0. The Morgan fingerprint density at radius 2 is 1.62 bits per heavy atom. The number of nitrogens with one attached hydrogen (secondary N) is 4. The molecular weight excluding hydrogens is 504 g/mol. The van der Waals surface area contributed by atoms with Crippen LogP contribution in [0.3, 0.4) is 0 Å². The number of amides is 4. The molecule has 7 N–H and O–H groups in total. The molecule has 0 spiro atoms. The van der Waals surface area contributed by atoms with Crippen molar-refractivity contribution in [2.75, 3.05) is 6.54 Å². The molecule has 1 aliphatic rings. The second kappa shape index (κ2) is 18.9. The molecule has 1 rings (SSSR count). The van der Waals surface area contributed by atoms with Gasteiger partial charge in [-0.25, -0.2) is 0 Å². The lowest BCUT2D eigenvalue weighted by molar-refractivity contribution is -0.135. The molecule has 1 fully saturated rings. The molecule has 11 heteroatoms. The van der Waals surface area contributed by atoms with Crippen LogP contribution in [0.25, 0.3) is 0 Å². The summed E-state index contributed by atoms with van der Waals surface area (Å²) in [6.07, 6.45) is 5.37. The van der Waals surface area contributed by atoms with Crippen LogP contribution in [0.1, 0.15) is 105 Å². The van der Waals surface area contributed by atoms with Gasteiger partial charge in [0.05, 0.1) is 30.8 Å². The Morgan fingerprint density at radius 3 is 2.23 bits per heavy atom. The molecule has 226 valence electrons. The number of aliphatic hydroxyl groups is 3. The van der Waals surface area contributed by atoms with Gasteiger partial charge in [-0.2, -0.15) is 0 Å². The van der Waals surface area contributed by atoms with Crippen LogP contribution in [0.2, 0.25) is 0 Å². The monoisotopic (exact) mass is 556 g/mol. The summed E-state index contributed by atoms with van der Waals surface area (Å²) < 4.78 is 0. The van der Waals surface area contributed by atoms with Crippen molar-refractivity contribution < 1.29 is 34.5 Å². The summed E-state index contributed by atoms with van der Waals surface area (Å²) in [5.74, 6) is -1.41. The Morgan fingerprint density at radius 1 is 1.00 bits per heavy atom. The maximum absolute atomic E-state index is 13.0. The lowest BCUT2D eigenvalue weighted by Crippen LogP contribution is -2.59. The summed E-state index contributed by atoms with van der Waals surface area (Å²) in [7, 11) is 0. The first kappa shape index (κ1) is 34.8. The topological polar surface area (TPSA) is 177 Å². The van der Waals surface area contributed by atoms with Gasteiger partial charge in [0, 0.05) is 19.4 Å². The zero-order valence-corrected chi connectivity index (χ0v) is 24.2. The van der Waals surface area contributed by atoms with Crippen molar-refractivity contribution in [3.63, 3.8) is 0 Å². The molecule has 0 aromatic carbocycles. The average Bonchev–Trinajstić information content (AvgIpc) is 2.84. The summed E-state index contributed by atoms with van der Waals surface area (Å²) in [5, 5.41) is 41.0. The van der Waals surface area contributed by atoms with Crippen molar-refractivity contribution >= 4 is 23.6 Å². The number of carbonyl (C=O) groups excluding carboxylic acids is 4. The molecule has 0 aliphatic carbocycles. The van der Waals surface area contributed by atoms with Gasteiger partial charge in [0.1, 0.15) is 12.1 Å². The van der Waals surface area contributed by atoms with Crippen LogP contribution in [0.4, 0.5) is 0 Å². The third-order valence-electron chi connectivity index (χ3n) is 7.05. The normalized spacial score (nSPS) is 24.5. The largest absolute Gasteiger partial charge is 0.393 e. The minimum absolute atomic E-state index is 0.144. The van der Waals surface area contributed by atoms with Crippen molar-refractivity contribution in [1.29, 1.82) is 0 Å². The minimum Gasteiger partial charge on any atom is -0.393 e. The van der Waals surface area contributed by atoms with E-state index >= 15 is 0 Å². The molecule has 1 heterocycles. The Labute approximate surface area is 233 Å². The second-order valence-electron chi connectivity index (χ2n) is 11.4. The molecule has 0 aromatic heterocycles. The fourth-order valence-electron chi connectivity index (χ4n) is 4.49.